The summed E-state index contributed by atoms with van der Waals surface area (Å²) < 4.78 is 7.27. The number of hydrogen-bond acceptors (Lipinski definition) is 4. The molecule has 0 spiro atoms. The number of fused-ring (bicyclic) bond motifs is 9. The van der Waals surface area contributed by atoms with Gasteiger partial charge in [-0.3, -0.25) is 4.98 Å². The molecule has 0 fully saturated rings. The van der Waals surface area contributed by atoms with Crippen molar-refractivity contribution in [2.45, 2.75) is 0 Å². The predicted molar refractivity (Wildman–Crippen MR) is 257 cm³/mol. The fourth-order valence-electron chi connectivity index (χ4n) is 9.63. The maximum atomic E-state index is 5.33. The first-order valence-electron chi connectivity index (χ1n) is 21.2. The molecule has 0 aliphatic heterocycles. The second kappa shape index (κ2) is 13.9. The van der Waals surface area contributed by atoms with E-state index in [9.17, 15) is 0 Å². The molecule has 0 unspecified atom stereocenters. The van der Waals surface area contributed by atoms with Gasteiger partial charge in [0.2, 0.25) is 0 Å². The smallest absolute Gasteiger partial charge is 0.164 e. The molecule has 0 N–H and O–H groups in total. The lowest BCUT2D eigenvalue weighted by Gasteiger charge is -2.23. The van der Waals surface area contributed by atoms with E-state index in [4.69, 9.17) is 19.9 Å². The van der Waals surface area contributed by atoms with Gasteiger partial charge in [0, 0.05) is 49.8 Å². The Kier molecular flexibility index (Phi) is 7.77. The van der Waals surface area contributed by atoms with Crippen LogP contribution in [0.5, 0.6) is 0 Å². The Balaban J connectivity index is 1.26. The van der Waals surface area contributed by atoms with E-state index in [0.29, 0.717) is 17.5 Å². The fraction of sp³-hybridized carbons (Fsp3) is 0. The molecule has 5 heterocycles. The van der Waals surface area contributed by atoms with Gasteiger partial charge in [0.05, 0.1) is 55.7 Å². The van der Waals surface area contributed by atoms with Crippen LogP contribution in [0.3, 0.4) is 0 Å². The normalized spacial score (nSPS) is 11.8. The van der Waals surface area contributed by atoms with Crippen molar-refractivity contribution in [2.75, 3.05) is 0 Å². The van der Waals surface area contributed by atoms with Gasteiger partial charge in [-0.05, 0) is 54.6 Å². The first-order chi connectivity index (χ1) is 31.3. The van der Waals surface area contributed by atoms with E-state index in [0.717, 1.165) is 77.8 Å². The minimum atomic E-state index is 0.571. The summed E-state index contributed by atoms with van der Waals surface area (Å²) >= 11 is 0. The zero-order valence-corrected chi connectivity index (χ0v) is 33.8. The molecular weight excluding hydrogens is 771 g/mol. The van der Waals surface area contributed by atoms with Crippen LogP contribution in [0, 0.1) is 0 Å². The third-order valence-corrected chi connectivity index (χ3v) is 12.3. The van der Waals surface area contributed by atoms with Crippen molar-refractivity contribution in [1.82, 2.24) is 33.6 Å². The van der Waals surface area contributed by atoms with Gasteiger partial charge in [-0.15, -0.1) is 0 Å². The molecule has 0 radical (unpaired) electrons. The van der Waals surface area contributed by atoms with E-state index in [1.807, 2.05) is 48.7 Å². The van der Waals surface area contributed by atoms with E-state index in [1.165, 1.54) is 21.5 Å². The SMILES string of the molecule is c1ccc(-c2nc(-c3ccccc3)nc(-c3cc(-n4c5ccccc5c5ccccc54)c(-n4c5ccccc5c5ncccc54)c(-n4c5ccccc5c5ccccc54)c3)n2)cc1. The van der Waals surface area contributed by atoms with E-state index >= 15 is 0 Å². The van der Waals surface area contributed by atoms with Crippen molar-refractivity contribution in [3.05, 3.63) is 212 Å². The van der Waals surface area contributed by atoms with Crippen LogP contribution in [0.25, 0.3) is 117 Å². The first kappa shape index (κ1) is 35.1. The van der Waals surface area contributed by atoms with Gasteiger partial charge >= 0.3 is 0 Å². The number of benzene rings is 8. The lowest BCUT2D eigenvalue weighted by Crippen LogP contribution is -2.10. The van der Waals surface area contributed by atoms with E-state index in [-0.39, 0.29) is 0 Å². The van der Waals surface area contributed by atoms with Crippen LogP contribution in [0.4, 0.5) is 0 Å². The van der Waals surface area contributed by atoms with Crippen molar-refractivity contribution >= 4 is 65.5 Å². The summed E-state index contributed by atoms with van der Waals surface area (Å²) in [6.07, 6.45) is 1.89. The Hall–Kier alpha value is -8.68. The number of para-hydroxylation sites is 5. The molecule has 13 aromatic rings. The summed E-state index contributed by atoms with van der Waals surface area (Å²) in [6, 6.07) is 72.5. The van der Waals surface area contributed by atoms with Gasteiger partial charge < -0.3 is 13.7 Å². The first-order valence-corrected chi connectivity index (χ1v) is 21.2. The van der Waals surface area contributed by atoms with Gasteiger partial charge in [-0.2, -0.15) is 0 Å². The van der Waals surface area contributed by atoms with Gasteiger partial charge in [-0.1, -0.05) is 152 Å². The van der Waals surface area contributed by atoms with Crippen LogP contribution in [0.1, 0.15) is 0 Å². The van der Waals surface area contributed by atoms with Crippen LogP contribution >= 0.6 is 0 Å². The summed E-state index contributed by atoms with van der Waals surface area (Å²) in [7, 11) is 0. The third kappa shape index (κ3) is 5.40. The molecule has 5 aromatic heterocycles. The lowest BCUT2D eigenvalue weighted by molar-refractivity contribution is 1.04. The minimum Gasteiger partial charge on any atom is -0.307 e. The van der Waals surface area contributed by atoms with Gasteiger partial charge in [0.25, 0.3) is 0 Å². The lowest BCUT2D eigenvalue weighted by atomic mass is 10.1. The summed E-state index contributed by atoms with van der Waals surface area (Å²) in [5.74, 6) is 1.78. The number of nitrogens with zero attached hydrogens (tertiary/aromatic N) is 7. The number of rotatable bonds is 6. The molecule has 13 rings (SSSR count). The highest BCUT2D eigenvalue weighted by atomic mass is 15.1. The second-order valence-electron chi connectivity index (χ2n) is 15.9. The fourth-order valence-corrected chi connectivity index (χ4v) is 9.63. The summed E-state index contributed by atoms with van der Waals surface area (Å²) in [5, 5.41) is 5.76. The van der Waals surface area contributed by atoms with Crippen molar-refractivity contribution < 1.29 is 0 Å². The quantitative estimate of drug-likeness (QED) is 0.168. The molecule has 0 saturated carbocycles. The predicted octanol–water partition coefficient (Wildman–Crippen LogP) is 13.6. The molecule has 8 aromatic carbocycles. The topological polar surface area (TPSA) is 66.3 Å². The summed E-state index contributed by atoms with van der Waals surface area (Å²) in [6.45, 7) is 0. The molecule has 0 saturated heterocycles. The molecule has 294 valence electrons. The van der Waals surface area contributed by atoms with Crippen LogP contribution in [-0.2, 0) is 0 Å². The molecule has 0 aliphatic carbocycles. The van der Waals surface area contributed by atoms with Crippen LogP contribution in [0.2, 0.25) is 0 Å². The number of aromatic nitrogens is 7. The average molecular weight is 806 g/mol. The third-order valence-electron chi connectivity index (χ3n) is 12.3. The minimum absolute atomic E-state index is 0.571. The van der Waals surface area contributed by atoms with Crippen LogP contribution in [0.15, 0.2) is 212 Å². The van der Waals surface area contributed by atoms with Crippen molar-refractivity contribution in [3.63, 3.8) is 0 Å². The van der Waals surface area contributed by atoms with E-state index in [1.54, 1.807) is 0 Å². The highest BCUT2D eigenvalue weighted by Crippen LogP contribution is 2.44. The zero-order valence-electron chi connectivity index (χ0n) is 33.8. The van der Waals surface area contributed by atoms with Crippen LogP contribution in [-0.4, -0.2) is 33.6 Å². The van der Waals surface area contributed by atoms with Gasteiger partial charge in [0.15, 0.2) is 17.5 Å². The molecule has 7 heteroatoms. The van der Waals surface area contributed by atoms with Crippen molar-refractivity contribution in [2.24, 2.45) is 0 Å². The largest absolute Gasteiger partial charge is 0.307 e. The molecule has 63 heavy (non-hydrogen) atoms. The second-order valence-corrected chi connectivity index (χ2v) is 15.9. The Labute approximate surface area is 361 Å². The molecule has 7 nitrogen and oxygen atoms in total. The summed E-state index contributed by atoms with van der Waals surface area (Å²) in [5.41, 5.74) is 13.0. The van der Waals surface area contributed by atoms with Crippen molar-refractivity contribution in [3.8, 4) is 51.2 Å². The molecular formula is C56H35N7. The Bertz CT molecular complexity index is 3560. The average Bonchev–Trinajstić information content (AvgIpc) is 4.00. The van der Waals surface area contributed by atoms with E-state index < -0.39 is 0 Å². The Morgan fingerprint density at radius 1 is 0.286 bits per heavy atom. The monoisotopic (exact) mass is 805 g/mol. The maximum Gasteiger partial charge on any atom is 0.164 e. The maximum absolute atomic E-state index is 5.33. The molecule has 0 aliphatic rings. The number of hydrogen-bond donors (Lipinski definition) is 0. The molecule has 0 atom stereocenters. The molecule has 0 bridgehead atoms. The Morgan fingerprint density at radius 2 is 0.635 bits per heavy atom. The standard InChI is InChI=1S/C56H35N7/c1-3-18-36(19-4-1)54-58-55(37-20-5-2-6-21-37)60-56(59-54)38-34-50(61-44-27-12-7-22-39(44)40-23-8-13-28-45(40)61)53(63-48-31-16-11-26-43(48)52-49(63)32-17-33-57-52)51(35-38)62-46-29-14-9-24-41(46)42-25-10-15-30-47(42)62/h1-35H. The number of pyridine rings is 1. The highest BCUT2D eigenvalue weighted by molar-refractivity contribution is 6.13. The van der Waals surface area contributed by atoms with Crippen molar-refractivity contribution in [1.29, 1.82) is 0 Å². The summed E-state index contributed by atoms with van der Waals surface area (Å²) in [4.78, 5) is 20.8. The molecule has 0 amide bonds. The van der Waals surface area contributed by atoms with Crippen LogP contribution < -0.4 is 0 Å². The Morgan fingerprint density at radius 3 is 1.08 bits per heavy atom. The van der Waals surface area contributed by atoms with Gasteiger partial charge in [0.1, 0.15) is 0 Å². The van der Waals surface area contributed by atoms with Gasteiger partial charge in [-0.25, -0.2) is 15.0 Å². The highest BCUT2D eigenvalue weighted by Gasteiger charge is 2.27. The van der Waals surface area contributed by atoms with E-state index in [2.05, 4.69) is 177 Å². The zero-order chi connectivity index (χ0) is 41.4.